The van der Waals surface area contributed by atoms with E-state index in [0.717, 1.165) is 10.5 Å². The quantitative estimate of drug-likeness (QED) is 0.305. The predicted molar refractivity (Wildman–Crippen MR) is 153 cm³/mol. The van der Waals surface area contributed by atoms with Crippen LogP contribution in [0.1, 0.15) is 32.8 Å². The third-order valence-electron chi connectivity index (χ3n) is 6.00. The van der Waals surface area contributed by atoms with Crippen molar-refractivity contribution in [1.82, 2.24) is 9.80 Å². The molecule has 0 aliphatic carbocycles. The zero-order valence-electron chi connectivity index (χ0n) is 23.1. The van der Waals surface area contributed by atoms with Crippen LogP contribution in [-0.4, -0.2) is 78.9 Å². The highest BCUT2D eigenvalue weighted by Crippen LogP contribution is 2.29. The number of thioether (sulfide) groups is 1. The highest BCUT2D eigenvalue weighted by atomic mass is 35.5. The van der Waals surface area contributed by atoms with Crippen molar-refractivity contribution in [2.45, 2.75) is 51.0 Å². The van der Waals surface area contributed by atoms with Gasteiger partial charge in [0.15, 0.2) is 0 Å². The molecule has 0 saturated carbocycles. The van der Waals surface area contributed by atoms with Gasteiger partial charge in [-0.05, 0) is 35.7 Å². The Morgan fingerprint density at radius 3 is 2.35 bits per heavy atom. The molecule has 9 nitrogen and oxygen atoms in total. The third-order valence-corrected chi connectivity index (χ3v) is 7.37. The Labute approximate surface area is 245 Å². The van der Waals surface area contributed by atoms with Crippen LogP contribution in [0, 0.1) is 5.92 Å². The number of rotatable bonds is 8. The van der Waals surface area contributed by atoms with Gasteiger partial charge in [0.1, 0.15) is 19.4 Å². The van der Waals surface area contributed by atoms with Crippen LogP contribution in [0.25, 0.3) is 0 Å². The second kappa shape index (κ2) is 16.5. The maximum atomic E-state index is 12.7. The minimum Gasteiger partial charge on any atom is -0.461 e. The largest absolute Gasteiger partial charge is 0.461 e. The Bertz CT molecular complexity index is 1080. The Balaban J connectivity index is 0.000000336. The van der Waals surface area contributed by atoms with Crippen LogP contribution in [0.15, 0.2) is 59.5 Å². The SMILES string of the molecule is CC(=O)OCc1ccccc1.CC(C)CC(=O)N1CO[C@@H](OC(=O)N2CCOCC2)[C@@H]1CSc1ccc(Cl)cc1. The number of amides is 2. The number of esters is 1. The van der Waals surface area contributed by atoms with Gasteiger partial charge in [0.05, 0.1) is 13.2 Å². The molecule has 2 aliphatic rings. The van der Waals surface area contributed by atoms with E-state index in [0.29, 0.717) is 50.1 Å². The van der Waals surface area contributed by atoms with Gasteiger partial charge in [0.2, 0.25) is 12.2 Å². The fourth-order valence-electron chi connectivity index (χ4n) is 3.90. The molecule has 2 amide bonds. The van der Waals surface area contributed by atoms with Crippen molar-refractivity contribution in [3.8, 4) is 0 Å². The maximum absolute atomic E-state index is 12.7. The van der Waals surface area contributed by atoms with Gasteiger partial charge in [-0.1, -0.05) is 55.8 Å². The first kappa shape index (κ1) is 31.7. The van der Waals surface area contributed by atoms with Gasteiger partial charge >= 0.3 is 12.1 Å². The summed E-state index contributed by atoms with van der Waals surface area (Å²) in [6.45, 7) is 7.88. The highest BCUT2D eigenvalue weighted by molar-refractivity contribution is 7.99. The molecule has 0 spiro atoms. The van der Waals surface area contributed by atoms with Gasteiger partial charge in [0, 0.05) is 42.1 Å². The van der Waals surface area contributed by atoms with Crippen molar-refractivity contribution in [2.75, 3.05) is 38.8 Å². The van der Waals surface area contributed by atoms with E-state index >= 15 is 0 Å². The molecule has 2 aromatic carbocycles. The standard InChI is InChI=1S/C20H27ClN2O5S.C9H10O2/c1-14(2)11-18(24)23-13-27-19(28-20(25)22-7-9-26-10-8-22)17(23)12-29-16-5-3-15(21)4-6-16;1-8(10)11-7-9-5-3-2-4-6-9/h3-6,14,17,19H,7-13H2,1-2H3;2-6H,7H2,1H3/t17-,19-;/m0./s1. The van der Waals surface area contributed by atoms with Crippen LogP contribution in [0.2, 0.25) is 5.02 Å². The molecular formula is C29H37ClN2O7S. The first-order valence-corrected chi connectivity index (χ1v) is 14.6. The van der Waals surface area contributed by atoms with Gasteiger partial charge in [-0.3, -0.25) is 9.59 Å². The lowest BCUT2D eigenvalue weighted by Gasteiger charge is -2.29. The maximum Gasteiger partial charge on any atom is 0.412 e. The van der Waals surface area contributed by atoms with Crippen molar-refractivity contribution in [3.05, 3.63) is 65.2 Å². The van der Waals surface area contributed by atoms with Crippen molar-refractivity contribution in [2.24, 2.45) is 5.92 Å². The lowest BCUT2D eigenvalue weighted by atomic mass is 10.1. The zero-order valence-corrected chi connectivity index (χ0v) is 24.7. The van der Waals surface area contributed by atoms with Crippen LogP contribution in [0.3, 0.4) is 0 Å². The smallest absolute Gasteiger partial charge is 0.412 e. The summed E-state index contributed by atoms with van der Waals surface area (Å²) in [5.74, 6) is 0.550. The lowest BCUT2D eigenvalue weighted by molar-refractivity contribution is -0.142. The first-order chi connectivity index (χ1) is 19.2. The van der Waals surface area contributed by atoms with Gasteiger partial charge in [-0.25, -0.2) is 4.79 Å². The highest BCUT2D eigenvalue weighted by Gasteiger charge is 2.41. The van der Waals surface area contributed by atoms with Crippen molar-refractivity contribution in [1.29, 1.82) is 0 Å². The number of halogens is 1. The van der Waals surface area contributed by atoms with E-state index in [2.05, 4.69) is 0 Å². The number of morpholine rings is 1. The summed E-state index contributed by atoms with van der Waals surface area (Å²) in [5, 5.41) is 0.671. The fourth-order valence-corrected chi connectivity index (χ4v) is 5.06. The third kappa shape index (κ3) is 10.6. The molecule has 218 valence electrons. The van der Waals surface area contributed by atoms with Crippen LogP contribution in [0.5, 0.6) is 0 Å². The molecule has 2 atom stereocenters. The van der Waals surface area contributed by atoms with E-state index < -0.39 is 12.4 Å². The van der Waals surface area contributed by atoms with Crippen LogP contribution in [0.4, 0.5) is 4.79 Å². The molecule has 2 aliphatic heterocycles. The monoisotopic (exact) mass is 592 g/mol. The summed E-state index contributed by atoms with van der Waals surface area (Å²) in [6.07, 6.45) is -0.797. The van der Waals surface area contributed by atoms with Crippen molar-refractivity contribution in [3.63, 3.8) is 0 Å². The summed E-state index contributed by atoms with van der Waals surface area (Å²) in [5.41, 5.74) is 1.02. The molecule has 0 aromatic heterocycles. The number of hydrogen-bond acceptors (Lipinski definition) is 8. The van der Waals surface area contributed by atoms with Gasteiger partial charge in [-0.15, -0.1) is 11.8 Å². The van der Waals surface area contributed by atoms with Crippen molar-refractivity contribution < 1.29 is 33.3 Å². The summed E-state index contributed by atoms with van der Waals surface area (Å²) < 4.78 is 21.4. The van der Waals surface area contributed by atoms with Gasteiger partial charge in [-0.2, -0.15) is 0 Å². The molecule has 4 rings (SSSR count). The zero-order chi connectivity index (χ0) is 28.9. The fraction of sp³-hybridized carbons (Fsp3) is 0.483. The molecule has 0 unspecified atom stereocenters. The van der Waals surface area contributed by atoms with Gasteiger partial charge in [0.25, 0.3) is 0 Å². The first-order valence-electron chi connectivity index (χ1n) is 13.2. The number of nitrogens with zero attached hydrogens (tertiary/aromatic N) is 2. The molecule has 11 heteroatoms. The topological polar surface area (TPSA) is 94.6 Å². The molecule has 2 fully saturated rings. The molecule has 0 N–H and O–H groups in total. The lowest BCUT2D eigenvalue weighted by Crippen LogP contribution is -2.46. The second-order valence-electron chi connectivity index (χ2n) is 9.71. The van der Waals surface area contributed by atoms with Crippen molar-refractivity contribution >= 4 is 41.3 Å². The van der Waals surface area contributed by atoms with E-state index in [-0.39, 0.29) is 30.6 Å². The second-order valence-corrected chi connectivity index (χ2v) is 11.2. The molecule has 2 saturated heterocycles. The molecule has 40 heavy (non-hydrogen) atoms. The average Bonchev–Trinajstić information content (AvgIpc) is 3.35. The summed E-state index contributed by atoms with van der Waals surface area (Å²) >= 11 is 7.53. The summed E-state index contributed by atoms with van der Waals surface area (Å²) in [6, 6.07) is 16.8. The van der Waals surface area contributed by atoms with E-state index in [4.69, 9.17) is 30.5 Å². The number of hydrogen-bond donors (Lipinski definition) is 0. The van der Waals surface area contributed by atoms with Gasteiger partial charge < -0.3 is 28.7 Å². The summed E-state index contributed by atoms with van der Waals surface area (Å²) in [4.78, 5) is 39.9. The van der Waals surface area contributed by atoms with E-state index in [1.54, 1.807) is 21.6 Å². The van der Waals surface area contributed by atoms with Crippen LogP contribution < -0.4 is 0 Å². The number of ether oxygens (including phenoxy) is 4. The Morgan fingerprint density at radius 1 is 1.05 bits per heavy atom. The Hall–Kier alpha value is -2.79. The molecule has 0 bridgehead atoms. The Kier molecular flexibility index (Phi) is 13.1. The minimum atomic E-state index is -0.791. The Morgan fingerprint density at radius 2 is 1.73 bits per heavy atom. The molecule has 0 radical (unpaired) electrons. The normalized spacial score (nSPS) is 18.6. The van der Waals surface area contributed by atoms with E-state index in [1.807, 2.05) is 68.4 Å². The number of carbonyl (C=O) groups is 3. The minimum absolute atomic E-state index is 0.00614. The van der Waals surface area contributed by atoms with Crippen LogP contribution in [-0.2, 0) is 35.1 Å². The summed E-state index contributed by atoms with van der Waals surface area (Å²) in [7, 11) is 0. The molecular weight excluding hydrogens is 556 g/mol. The number of carbonyl (C=O) groups excluding carboxylic acids is 3. The predicted octanol–water partition coefficient (Wildman–Crippen LogP) is 5.21. The average molecular weight is 593 g/mol. The number of benzene rings is 2. The molecule has 2 aromatic rings. The van der Waals surface area contributed by atoms with Crippen LogP contribution >= 0.6 is 23.4 Å². The van der Waals surface area contributed by atoms with E-state index in [9.17, 15) is 14.4 Å². The molecule has 2 heterocycles. The van der Waals surface area contributed by atoms with E-state index in [1.165, 1.54) is 6.92 Å².